The lowest BCUT2D eigenvalue weighted by Crippen LogP contribution is -2.62. The number of carbonyl (C=O) groups excluding carboxylic acids is 1. The molecule has 3 rings (SSSR count). The molecular weight excluding hydrogens is 396 g/mol. The number of aliphatic hydroxyl groups excluding tert-OH is 5. The van der Waals surface area contributed by atoms with Crippen LogP contribution < -0.4 is 0 Å². The second-order valence-corrected chi connectivity index (χ2v) is 7.71. The second kappa shape index (κ2) is 7.72. The number of aliphatic hydroxyl groups is 7. The summed E-state index contributed by atoms with van der Waals surface area (Å²) in [5, 5.41) is 71.4. The van der Waals surface area contributed by atoms with Gasteiger partial charge in [-0.05, 0) is 6.92 Å². The number of ether oxygens (including phenoxy) is 4. The van der Waals surface area contributed by atoms with Gasteiger partial charge < -0.3 is 54.7 Å². The van der Waals surface area contributed by atoms with E-state index >= 15 is 0 Å². The minimum Gasteiger partial charge on any atom is -0.471 e. The van der Waals surface area contributed by atoms with Crippen LogP contribution in [0.1, 0.15) is 13.3 Å². The first-order valence-corrected chi connectivity index (χ1v) is 9.02. The number of carbonyl (C=O) groups is 1. The maximum Gasteiger partial charge on any atom is 0.339 e. The Bertz CT molecular complexity index is 663. The third-order valence-electron chi connectivity index (χ3n) is 5.90. The van der Waals surface area contributed by atoms with Gasteiger partial charge in [0.15, 0.2) is 6.29 Å². The molecule has 0 amide bonds. The van der Waals surface area contributed by atoms with E-state index in [4.69, 9.17) is 14.2 Å². The summed E-state index contributed by atoms with van der Waals surface area (Å²) in [4.78, 5) is 12.1. The van der Waals surface area contributed by atoms with Crippen LogP contribution in [-0.4, -0.2) is 110 Å². The largest absolute Gasteiger partial charge is 0.471 e. The van der Waals surface area contributed by atoms with Crippen LogP contribution in [0.15, 0.2) is 11.8 Å². The fraction of sp³-hybridized carbons (Fsp3) is 0.824. The smallest absolute Gasteiger partial charge is 0.339 e. The highest BCUT2D eigenvalue weighted by molar-refractivity contribution is 5.91. The molecule has 10 atom stereocenters. The lowest BCUT2D eigenvalue weighted by molar-refractivity contribution is -0.352. The van der Waals surface area contributed by atoms with Gasteiger partial charge in [-0.15, -0.1) is 0 Å². The van der Waals surface area contributed by atoms with Crippen molar-refractivity contribution in [2.45, 2.75) is 67.6 Å². The summed E-state index contributed by atoms with van der Waals surface area (Å²) in [6.07, 6.45) is -10.5. The van der Waals surface area contributed by atoms with E-state index in [9.17, 15) is 40.5 Å². The van der Waals surface area contributed by atoms with Gasteiger partial charge in [-0.3, -0.25) is 0 Å². The summed E-state index contributed by atoms with van der Waals surface area (Å²) in [6.45, 7) is 0.528. The van der Waals surface area contributed by atoms with E-state index < -0.39 is 79.2 Å². The number of hydrogen-bond donors (Lipinski definition) is 7. The van der Waals surface area contributed by atoms with Crippen molar-refractivity contribution < 1.29 is 59.5 Å². The minimum atomic E-state index is -2.09. The van der Waals surface area contributed by atoms with E-state index in [2.05, 4.69) is 4.74 Å². The van der Waals surface area contributed by atoms with Crippen LogP contribution in [0.5, 0.6) is 0 Å². The van der Waals surface area contributed by atoms with Crippen LogP contribution in [0.25, 0.3) is 0 Å². The Hall–Kier alpha value is -1.35. The fourth-order valence-electron chi connectivity index (χ4n) is 4.17. The molecule has 1 saturated heterocycles. The van der Waals surface area contributed by atoms with E-state index in [1.54, 1.807) is 0 Å². The predicted molar refractivity (Wildman–Crippen MR) is 89.5 cm³/mol. The molecule has 2 aliphatic heterocycles. The number of methoxy groups -OCH3 is 1. The van der Waals surface area contributed by atoms with Crippen LogP contribution in [0.2, 0.25) is 0 Å². The standard InChI is InChI=1S/C17H26O12/c1-16(24)8(19)3-17(25)6(13(23)26-2)5-27-15(12(16)17)29-14-11(22)10(21)9(20)7(4-18)28-14/h5,7-12,14-15,18-22,24-25H,3-4H2,1-2H3/t7-,8-,9-,10+,11-,12+,14+,15-,16-,17-/m0/s1. The van der Waals surface area contributed by atoms with Gasteiger partial charge in [0.25, 0.3) is 0 Å². The Morgan fingerprint density at radius 3 is 2.41 bits per heavy atom. The molecule has 2 heterocycles. The fourth-order valence-corrected chi connectivity index (χ4v) is 4.17. The quantitative estimate of drug-likeness (QED) is 0.218. The van der Waals surface area contributed by atoms with Gasteiger partial charge in [-0.2, -0.15) is 0 Å². The molecule has 0 aromatic rings. The third-order valence-corrected chi connectivity index (χ3v) is 5.90. The Morgan fingerprint density at radius 1 is 1.17 bits per heavy atom. The van der Waals surface area contributed by atoms with E-state index in [1.165, 1.54) is 6.92 Å². The predicted octanol–water partition coefficient (Wildman–Crippen LogP) is -3.92. The first kappa shape index (κ1) is 22.3. The average Bonchev–Trinajstić information content (AvgIpc) is 2.86. The molecule has 166 valence electrons. The van der Waals surface area contributed by atoms with Crippen LogP contribution in [-0.2, 0) is 23.7 Å². The van der Waals surface area contributed by atoms with Crippen molar-refractivity contribution in [1.29, 1.82) is 0 Å². The summed E-state index contributed by atoms with van der Waals surface area (Å²) < 4.78 is 20.7. The van der Waals surface area contributed by atoms with Crippen molar-refractivity contribution in [2.24, 2.45) is 5.92 Å². The molecule has 0 aromatic carbocycles. The van der Waals surface area contributed by atoms with Crippen molar-refractivity contribution in [3.8, 4) is 0 Å². The molecular formula is C17H26O12. The van der Waals surface area contributed by atoms with Gasteiger partial charge in [-0.25, -0.2) is 4.79 Å². The molecule has 0 spiro atoms. The minimum absolute atomic E-state index is 0.338. The summed E-state index contributed by atoms with van der Waals surface area (Å²) in [5.74, 6) is -2.36. The van der Waals surface area contributed by atoms with Gasteiger partial charge in [0.2, 0.25) is 6.29 Å². The number of hydrogen-bond acceptors (Lipinski definition) is 12. The van der Waals surface area contributed by atoms with E-state index in [0.29, 0.717) is 0 Å². The van der Waals surface area contributed by atoms with E-state index in [0.717, 1.165) is 13.4 Å². The Kier molecular flexibility index (Phi) is 5.95. The summed E-state index contributed by atoms with van der Waals surface area (Å²) in [5.41, 5.74) is -4.41. The van der Waals surface area contributed by atoms with E-state index in [1.807, 2.05) is 0 Å². The number of fused-ring (bicyclic) bond motifs is 1. The zero-order valence-corrected chi connectivity index (χ0v) is 15.8. The van der Waals surface area contributed by atoms with Crippen molar-refractivity contribution in [3.63, 3.8) is 0 Å². The van der Waals surface area contributed by atoms with Crippen molar-refractivity contribution in [2.75, 3.05) is 13.7 Å². The molecule has 7 N–H and O–H groups in total. The van der Waals surface area contributed by atoms with Crippen LogP contribution in [0, 0.1) is 5.92 Å². The maximum atomic E-state index is 12.1. The highest BCUT2D eigenvalue weighted by Gasteiger charge is 2.67. The molecule has 0 unspecified atom stereocenters. The molecule has 1 aliphatic carbocycles. The van der Waals surface area contributed by atoms with Gasteiger partial charge in [0.05, 0.1) is 37.6 Å². The van der Waals surface area contributed by atoms with Crippen molar-refractivity contribution in [3.05, 3.63) is 11.8 Å². The normalized spacial score (nSPS) is 49.8. The lowest BCUT2D eigenvalue weighted by atomic mass is 9.77. The van der Waals surface area contributed by atoms with Gasteiger partial charge >= 0.3 is 5.97 Å². The maximum absolute atomic E-state index is 12.1. The Morgan fingerprint density at radius 2 is 1.83 bits per heavy atom. The van der Waals surface area contributed by atoms with Crippen LogP contribution in [0.4, 0.5) is 0 Å². The molecule has 12 heteroatoms. The zero-order chi connectivity index (χ0) is 21.7. The molecule has 2 fully saturated rings. The summed E-state index contributed by atoms with van der Waals surface area (Å²) in [7, 11) is 1.08. The van der Waals surface area contributed by atoms with Crippen molar-refractivity contribution in [1.82, 2.24) is 0 Å². The molecule has 1 saturated carbocycles. The molecule has 0 radical (unpaired) electrons. The topological polar surface area (TPSA) is 196 Å². The third kappa shape index (κ3) is 3.44. The summed E-state index contributed by atoms with van der Waals surface area (Å²) >= 11 is 0. The highest BCUT2D eigenvalue weighted by Crippen LogP contribution is 2.52. The summed E-state index contributed by atoms with van der Waals surface area (Å²) in [6, 6.07) is 0. The van der Waals surface area contributed by atoms with Crippen LogP contribution in [0.3, 0.4) is 0 Å². The van der Waals surface area contributed by atoms with Crippen molar-refractivity contribution >= 4 is 5.97 Å². The van der Waals surface area contributed by atoms with Crippen LogP contribution >= 0.6 is 0 Å². The highest BCUT2D eigenvalue weighted by atomic mass is 16.8. The number of rotatable bonds is 4. The molecule has 0 bridgehead atoms. The zero-order valence-electron chi connectivity index (χ0n) is 15.8. The monoisotopic (exact) mass is 422 g/mol. The first-order chi connectivity index (χ1) is 13.5. The Balaban J connectivity index is 1.92. The SMILES string of the molecule is COC(=O)C1=CO[C@@H](O[C@H]2O[C@@H](CO)[C@H](O)[C@@H](O)[C@@H]2O)[C@@H]2[C@@](C)(O)[C@@H](O)C[C@]12O. The van der Waals surface area contributed by atoms with E-state index in [-0.39, 0.29) is 5.57 Å². The second-order valence-electron chi connectivity index (χ2n) is 7.71. The number of esters is 1. The van der Waals surface area contributed by atoms with Gasteiger partial charge in [-0.1, -0.05) is 0 Å². The molecule has 29 heavy (non-hydrogen) atoms. The van der Waals surface area contributed by atoms with Gasteiger partial charge in [0, 0.05) is 6.42 Å². The Labute approximate surface area is 165 Å². The first-order valence-electron chi connectivity index (χ1n) is 9.02. The average molecular weight is 422 g/mol. The lowest BCUT2D eigenvalue weighted by Gasteiger charge is -2.46. The van der Waals surface area contributed by atoms with Gasteiger partial charge in [0.1, 0.15) is 35.6 Å². The molecule has 0 aromatic heterocycles. The molecule has 12 nitrogen and oxygen atoms in total. The molecule has 3 aliphatic rings.